The number of hydrogen-bond acceptors (Lipinski definition) is 4. The molecule has 0 amide bonds. The van der Waals surface area contributed by atoms with E-state index in [0.29, 0.717) is 11.7 Å². The molecule has 0 spiro atoms. The lowest BCUT2D eigenvalue weighted by Gasteiger charge is -2.12. The van der Waals surface area contributed by atoms with Gasteiger partial charge in [-0.05, 0) is 5.92 Å². The first-order valence-electron chi connectivity index (χ1n) is 6.02. The molecule has 5 nitrogen and oxygen atoms in total. The van der Waals surface area contributed by atoms with Crippen molar-refractivity contribution in [2.75, 3.05) is 5.75 Å². The second kappa shape index (κ2) is 6.96. The van der Waals surface area contributed by atoms with Crippen molar-refractivity contribution in [2.45, 2.75) is 44.6 Å². The number of carbonyl (C=O) groups is 1. The largest absolute Gasteiger partial charge is 0.481 e. The molecular formula is C11H16F3N3O2S. The highest BCUT2D eigenvalue weighted by Crippen LogP contribution is 2.24. The number of rotatable bonds is 7. The van der Waals surface area contributed by atoms with Gasteiger partial charge in [0.25, 0.3) is 0 Å². The molecule has 114 valence electrons. The SMILES string of the molecule is CC(C)Cn1c(CCC(F)(F)F)nnc1SCC(=O)O. The van der Waals surface area contributed by atoms with E-state index in [1.165, 1.54) is 0 Å². The lowest BCUT2D eigenvalue weighted by molar-refractivity contribution is -0.135. The molecule has 1 aromatic heterocycles. The zero-order valence-electron chi connectivity index (χ0n) is 11.1. The van der Waals surface area contributed by atoms with Crippen LogP contribution in [0.3, 0.4) is 0 Å². The van der Waals surface area contributed by atoms with Crippen molar-refractivity contribution in [3.63, 3.8) is 0 Å². The Hall–Kier alpha value is -1.25. The molecule has 9 heteroatoms. The molecule has 0 aliphatic carbocycles. The van der Waals surface area contributed by atoms with E-state index < -0.39 is 18.6 Å². The summed E-state index contributed by atoms with van der Waals surface area (Å²) < 4.78 is 38.3. The van der Waals surface area contributed by atoms with E-state index in [0.717, 1.165) is 11.8 Å². The Kier molecular flexibility index (Phi) is 5.85. The van der Waals surface area contributed by atoms with Crippen LogP contribution in [0, 0.1) is 5.92 Å². The minimum atomic E-state index is -4.25. The summed E-state index contributed by atoms with van der Waals surface area (Å²) in [6.07, 6.45) is -5.47. The van der Waals surface area contributed by atoms with Crippen molar-refractivity contribution in [1.82, 2.24) is 14.8 Å². The van der Waals surface area contributed by atoms with E-state index in [1.807, 2.05) is 13.8 Å². The van der Waals surface area contributed by atoms with Gasteiger partial charge in [-0.2, -0.15) is 13.2 Å². The third-order valence-corrected chi connectivity index (χ3v) is 3.25. The summed E-state index contributed by atoms with van der Waals surface area (Å²) in [5, 5.41) is 16.5. The topological polar surface area (TPSA) is 68.0 Å². The summed E-state index contributed by atoms with van der Waals surface area (Å²) in [5.74, 6) is -0.773. The predicted molar refractivity (Wildman–Crippen MR) is 67.6 cm³/mol. The highest BCUT2D eigenvalue weighted by Gasteiger charge is 2.28. The van der Waals surface area contributed by atoms with E-state index in [1.54, 1.807) is 4.57 Å². The minimum Gasteiger partial charge on any atom is -0.481 e. The van der Waals surface area contributed by atoms with Crippen LogP contribution in [0.1, 0.15) is 26.1 Å². The fourth-order valence-electron chi connectivity index (χ4n) is 1.54. The predicted octanol–water partition coefficient (Wildman–Crippen LogP) is 2.61. The summed E-state index contributed by atoms with van der Waals surface area (Å²) in [7, 11) is 0. The van der Waals surface area contributed by atoms with Crippen molar-refractivity contribution in [1.29, 1.82) is 0 Å². The Morgan fingerprint density at radius 3 is 2.55 bits per heavy atom. The fourth-order valence-corrected chi connectivity index (χ4v) is 2.23. The standard InChI is InChI=1S/C11H16F3N3O2S/c1-7(2)5-17-8(3-4-11(12,13)14)15-16-10(17)20-6-9(18)19/h7H,3-6H2,1-2H3,(H,18,19). The van der Waals surface area contributed by atoms with Gasteiger partial charge in [-0.25, -0.2) is 0 Å². The molecule has 0 unspecified atom stereocenters. The van der Waals surface area contributed by atoms with Gasteiger partial charge in [0.2, 0.25) is 0 Å². The van der Waals surface area contributed by atoms with Gasteiger partial charge in [0.15, 0.2) is 5.16 Å². The van der Waals surface area contributed by atoms with Gasteiger partial charge in [-0.1, -0.05) is 25.6 Å². The number of carboxylic acid groups (broad SMARTS) is 1. The first kappa shape index (κ1) is 16.8. The third kappa shape index (κ3) is 5.81. The normalized spacial score (nSPS) is 12.1. The van der Waals surface area contributed by atoms with Crippen LogP contribution in [-0.2, 0) is 17.8 Å². The van der Waals surface area contributed by atoms with Gasteiger partial charge in [-0.3, -0.25) is 4.79 Å². The number of aliphatic carboxylic acids is 1. The molecule has 0 saturated heterocycles. The number of carboxylic acids is 1. The van der Waals surface area contributed by atoms with E-state index >= 15 is 0 Å². The number of thioether (sulfide) groups is 1. The maximum atomic E-state index is 12.3. The lowest BCUT2D eigenvalue weighted by atomic mass is 10.2. The zero-order valence-corrected chi connectivity index (χ0v) is 12.0. The Labute approximate surface area is 118 Å². The molecule has 1 rings (SSSR count). The summed E-state index contributed by atoms with van der Waals surface area (Å²) in [6, 6.07) is 0. The molecule has 20 heavy (non-hydrogen) atoms. The van der Waals surface area contributed by atoms with Gasteiger partial charge in [0.05, 0.1) is 12.2 Å². The Morgan fingerprint density at radius 2 is 2.05 bits per heavy atom. The van der Waals surface area contributed by atoms with Gasteiger partial charge >= 0.3 is 12.1 Å². The van der Waals surface area contributed by atoms with Crippen LogP contribution < -0.4 is 0 Å². The fraction of sp³-hybridized carbons (Fsp3) is 0.727. The smallest absolute Gasteiger partial charge is 0.389 e. The van der Waals surface area contributed by atoms with Gasteiger partial charge in [0.1, 0.15) is 5.82 Å². The number of aryl methyl sites for hydroxylation is 1. The Morgan fingerprint density at radius 1 is 1.40 bits per heavy atom. The second-order valence-corrected chi connectivity index (χ2v) is 5.64. The average Bonchev–Trinajstić information content (AvgIpc) is 2.64. The van der Waals surface area contributed by atoms with E-state index in [-0.39, 0.29) is 23.9 Å². The maximum Gasteiger partial charge on any atom is 0.389 e. The lowest BCUT2D eigenvalue weighted by Crippen LogP contribution is -2.14. The van der Waals surface area contributed by atoms with Crippen molar-refractivity contribution < 1.29 is 23.1 Å². The number of alkyl halides is 3. The number of hydrogen-bond donors (Lipinski definition) is 1. The average molecular weight is 311 g/mol. The molecule has 0 aromatic carbocycles. The van der Waals surface area contributed by atoms with Crippen LogP contribution in [-0.4, -0.2) is 37.8 Å². The molecule has 0 aliphatic heterocycles. The van der Waals surface area contributed by atoms with Crippen LogP contribution >= 0.6 is 11.8 Å². The molecule has 0 saturated carbocycles. The van der Waals surface area contributed by atoms with E-state index in [9.17, 15) is 18.0 Å². The monoisotopic (exact) mass is 311 g/mol. The Balaban J connectivity index is 2.84. The molecular weight excluding hydrogens is 295 g/mol. The molecule has 0 aliphatic rings. The van der Waals surface area contributed by atoms with Crippen LogP contribution in [0.5, 0.6) is 0 Å². The quantitative estimate of drug-likeness (QED) is 0.784. The highest BCUT2D eigenvalue weighted by molar-refractivity contribution is 7.99. The highest BCUT2D eigenvalue weighted by atomic mass is 32.2. The van der Waals surface area contributed by atoms with Gasteiger partial charge in [0, 0.05) is 13.0 Å². The molecule has 0 atom stereocenters. The van der Waals surface area contributed by atoms with Crippen LogP contribution in [0.4, 0.5) is 13.2 Å². The maximum absolute atomic E-state index is 12.3. The minimum absolute atomic E-state index is 0.194. The van der Waals surface area contributed by atoms with Crippen molar-refractivity contribution in [2.24, 2.45) is 5.92 Å². The zero-order chi connectivity index (χ0) is 15.3. The number of nitrogens with zero attached hydrogens (tertiary/aromatic N) is 3. The second-order valence-electron chi connectivity index (χ2n) is 4.70. The summed E-state index contributed by atoms with van der Waals surface area (Å²) in [4.78, 5) is 10.5. The summed E-state index contributed by atoms with van der Waals surface area (Å²) in [6.45, 7) is 4.29. The van der Waals surface area contributed by atoms with E-state index in [4.69, 9.17) is 5.11 Å². The Bertz CT molecular complexity index is 460. The number of halogens is 3. The summed E-state index contributed by atoms with van der Waals surface area (Å²) in [5.41, 5.74) is 0. The van der Waals surface area contributed by atoms with Crippen LogP contribution in [0.25, 0.3) is 0 Å². The molecule has 0 bridgehead atoms. The van der Waals surface area contributed by atoms with Crippen molar-refractivity contribution in [3.05, 3.63) is 5.82 Å². The van der Waals surface area contributed by atoms with Crippen molar-refractivity contribution in [3.8, 4) is 0 Å². The van der Waals surface area contributed by atoms with Gasteiger partial charge < -0.3 is 9.67 Å². The first-order chi connectivity index (χ1) is 9.19. The van der Waals surface area contributed by atoms with Crippen LogP contribution in [0.15, 0.2) is 5.16 Å². The molecule has 1 heterocycles. The molecule has 1 N–H and O–H groups in total. The van der Waals surface area contributed by atoms with E-state index in [2.05, 4.69) is 10.2 Å². The van der Waals surface area contributed by atoms with Crippen LogP contribution in [0.2, 0.25) is 0 Å². The number of aromatic nitrogens is 3. The first-order valence-corrected chi connectivity index (χ1v) is 7.01. The molecule has 0 fully saturated rings. The van der Waals surface area contributed by atoms with Crippen molar-refractivity contribution >= 4 is 17.7 Å². The van der Waals surface area contributed by atoms with Gasteiger partial charge in [-0.15, -0.1) is 10.2 Å². The summed E-state index contributed by atoms with van der Waals surface area (Å²) >= 11 is 0.960. The third-order valence-electron chi connectivity index (χ3n) is 2.30. The molecule has 1 aromatic rings. The molecule has 0 radical (unpaired) electrons.